The average molecular weight is 371 g/mol. The van der Waals surface area contributed by atoms with Crippen molar-refractivity contribution in [2.45, 2.75) is 39.3 Å². The smallest absolute Gasteiger partial charge is 0.255 e. The number of pyridine rings is 1. The van der Waals surface area contributed by atoms with Crippen molar-refractivity contribution in [3.63, 3.8) is 0 Å². The lowest BCUT2D eigenvalue weighted by Crippen LogP contribution is -2.41. The summed E-state index contributed by atoms with van der Waals surface area (Å²) >= 11 is 0. The van der Waals surface area contributed by atoms with Crippen LogP contribution in [-0.4, -0.2) is 52.1 Å². The molecule has 7 nitrogen and oxygen atoms in total. The zero-order valence-corrected chi connectivity index (χ0v) is 16.4. The third kappa shape index (κ3) is 4.86. The van der Waals surface area contributed by atoms with Crippen molar-refractivity contribution in [1.82, 2.24) is 19.4 Å². The maximum atomic E-state index is 12.7. The van der Waals surface area contributed by atoms with E-state index in [4.69, 9.17) is 4.74 Å². The summed E-state index contributed by atoms with van der Waals surface area (Å²) in [6.45, 7) is 7.11. The van der Waals surface area contributed by atoms with Gasteiger partial charge in [0.1, 0.15) is 11.6 Å². The lowest BCUT2D eigenvalue weighted by atomic mass is 9.98. The molecule has 1 aliphatic heterocycles. The Balaban J connectivity index is 1.58. The fourth-order valence-corrected chi connectivity index (χ4v) is 3.55. The molecule has 0 bridgehead atoms. The summed E-state index contributed by atoms with van der Waals surface area (Å²) in [6, 6.07) is 4.06. The van der Waals surface area contributed by atoms with E-state index in [1.165, 1.54) is 0 Å². The predicted molar refractivity (Wildman–Crippen MR) is 105 cm³/mol. The molecular weight excluding hydrogens is 342 g/mol. The maximum Gasteiger partial charge on any atom is 0.255 e. The maximum absolute atomic E-state index is 12.7. The summed E-state index contributed by atoms with van der Waals surface area (Å²) in [5.74, 6) is 2.17. The Bertz CT molecular complexity index is 739. The quantitative estimate of drug-likeness (QED) is 0.810. The van der Waals surface area contributed by atoms with Crippen LogP contribution in [-0.2, 0) is 11.3 Å². The fourth-order valence-electron chi connectivity index (χ4n) is 3.55. The van der Waals surface area contributed by atoms with E-state index in [-0.39, 0.29) is 5.91 Å². The van der Waals surface area contributed by atoms with Crippen molar-refractivity contribution < 1.29 is 9.53 Å². The standard InChI is InChI=1S/C20H29N5O2/c1-15(2)25-10-8-21-19(25)12-23-18-7-6-17(11-22-18)20(26)24-9-4-5-16(13-24)14-27-3/h6-8,10-11,15-16H,4-5,9,12-14H2,1-3H3,(H,22,23). The summed E-state index contributed by atoms with van der Waals surface area (Å²) in [4.78, 5) is 23.4. The molecule has 2 aromatic rings. The van der Waals surface area contributed by atoms with E-state index in [0.717, 1.165) is 37.6 Å². The second-order valence-corrected chi connectivity index (χ2v) is 7.34. The van der Waals surface area contributed by atoms with Crippen LogP contribution in [0.2, 0.25) is 0 Å². The second kappa shape index (κ2) is 8.99. The number of hydrogen-bond acceptors (Lipinski definition) is 5. The minimum atomic E-state index is 0.0465. The van der Waals surface area contributed by atoms with E-state index < -0.39 is 0 Å². The van der Waals surface area contributed by atoms with Gasteiger partial charge in [-0.25, -0.2) is 9.97 Å². The first-order valence-corrected chi connectivity index (χ1v) is 9.58. The largest absolute Gasteiger partial charge is 0.384 e. The van der Waals surface area contributed by atoms with Gasteiger partial charge in [-0.05, 0) is 44.7 Å². The molecule has 1 atom stereocenters. The molecule has 1 fully saturated rings. The summed E-state index contributed by atoms with van der Waals surface area (Å²) in [7, 11) is 1.71. The highest BCUT2D eigenvalue weighted by atomic mass is 16.5. The summed E-state index contributed by atoms with van der Waals surface area (Å²) in [5.41, 5.74) is 0.627. The zero-order valence-electron chi connectivity index (χ0n) is 16.4. The molecule has 146 valence electrons. The Morgan fingerprint density at radius 3 is 2.93 bits per heavy atom. The van der Waals surface area contributed by atoms with Crippen LogP contribution in [0, 0.1) is 5.92 Å². The van der Waals surface area contributed by atoms with Gasteiger partial charge in [-0.2, -0.15) is 0 Å². The molecule has 3 rings (SSSR count). The number of methoxy groups -OCH3 is 1. The van der Waals surface area contributed by atoms with Gasteiger partial charge in [0.25, 0.3) is 5.91 Å². The number of carbonyl (C=O) groups excluding carboxylic acids is 1. The van der Waals surface area contributed by atoms with Crippen molar-refractivity contribution in [3.05, 3.63) is 42.1 Å². The van der Waals surface area contributed by atoms with Gasteiger partial charge in [-0.15, -0.1) is 0 Å². The number of anilines is 1. The SMILES string of the molecule is COCC1CCCN(C(=O)c2ccc(NCc3nccn3C(C)C)nc2)C1. The molecule has 0 aromatic carbocycles. The third-order valence-corrected chi connectivity index (χ3v) is 4.95. The van der Waals surface area contributed by atoms with Gasteiger partial charge in [0.05, 0.1) is 18.7 Å². The van der Waals surface area contributed by atoms with E-state index in [1.54, 1.807) is 13.3 Å². The Kier molecular flexibility index (Phi) is 6.45. The van der Waals surface area contributed by atoms with Gasteiger partial charge in [0.15, 0.2) is 0 Å². The van der Waals surface area contributed by atoms with E-state index in [9.17, 15) is 4.79 Å². The normalized spacial score (nSPS) is 17.3. The van der Waals surface area contributed by atoms with E-state index in [0.29, 0.717) is 30.7 Å². The van der Waals surface area contributed by atoms with Crippen LogP contribution in [0.3, 0.4) is 0 Å². The van der Waals surface area contributed by atoms with Crippen LogP contribution < -0.4 is 5.32 Å². The molecule has 0 aliphatic carbocycles. The molecular formula is C20H29N5O2. The zero-order chi connectivity index (χ0) is 19.2. The first-order valence-electron chi connectivity index (χ1n) is 9.58. The van der Waals surface area contributed by atoms with Crippen molar-refractivity contribution in [3.8, 4) is 0 Å². The lowest BCUT2D eigenvalue weighted by molar-refractivity contribution is 0.0570. The van der Waals surface area contributed by atoms with Gasteiger partial charge >= 0.3 is 0 Å². The van der Waals surface area contributed by atoms with Gasteiger partial charge in [-0.3, -0.25) is 4.79 Å². The number of imidazole rings is 1. The number of nitrogens with one attached hydrogen (secondary N) is 1. The summed E-state index contributed by atoms with van der Waals surface area (Å²) in [5, 5.41) is 3.28. The minimum Gasteiger partial charge on any atom is -0.384 e. The van der Waals surface area contributed by atoms with Crippen molar-refractivity contribution >= 4 is 11.7 Å². The van der Waals surface area contributed by atoms with Crippen molar-refractivity contribution in [2.75, 3.05) is 32.1 Å². The number of piperidine rings is 1. The predicted octanol–water partition coefficient (Wildman–Crippen LogP) is 2.97. The highest BCUT2D eigenvalue weighted by Crippen LogP contribution is 2.19. The average Bonchev–Trinajstić information content (AvgIpc) is 3.16. The van der Waals surface area contributed by atoms with Crippen molar-refractivity contribution in [2.24, 2.45) is 5.92 Å². The highest BCUT2D eigenvalue weighted by Gasteiger charge is 2.24. The first kappa shape index (κ1) is 19.4. The Morgan fingerprint density at radius 2 is 2.22 bits per heavy atom. The Labute approximate surface area is 160 Å². The molecule has 1 unspecified atom stereocenters. The molecule has 0 radical (unpaired) electrons. The highest BCUT2D eigenvalue weighted by molar-refractivity contribution is 5.94. The van der Waals surface area contributed by atoms with Crippen LogP contribution in [0.25, 0.3) is 0 Å². The second-order valence-electron chi connectivity index (χ2n) is 7.34. The molecule has 27 heavy (non-hydrogen) atoms. The minimum absolute atomic E-state index is 0.0465. The summed E-state index contributed by atoms with van der Waals surface area (Å²) < 4.78 is 7.37. The van der Waals surface area contributed by atoms with Crippen molar-refractivity contribution in [1.29, 1.82) is 0 Å². The van der Waals surface area contributed by atoms with Crippen LogP contribution in [0.5, 0.6) is 0 Å². The fraction of sp³-hybridized carbons (Fsp3) is 0.550. The van der Waals surface area contributed by atoms with E-state index in [2.05, 4.69) is 33.7 Å². The number of carbonyl (C=O) groups is 1. The van der Waals surface area contributed by atoms with Gasteiger partial charge < -0.3 is 19.5 Å². The van der Waals surface area contributed by atoms with Crippen LogP contribution in [0.1, 0.15) is 48.9 Å². The number of rotatable bonds is 7. The number of amides is 1. The van der Waals surface area contributed by atoms with Gasteiger partial charge in [0.2, 0.25) is 0 Å². The molecule has 3 heterocycles. The molecule has 1 N–H and O–H groups in total. The Morgan fingerprint density at radius 1 is 1.37 bits per heavy atom. The molecule has 1 saturated heterocycles. The number of hydrogen-bond donors (Lipinski definition) is 1. The number of nitrogens with zero attached hydrogens (tertiary/aromatic N) is 4. The molecule has 0 spiro atoms. The van der Waals surface area contributed by atoms with Crippen LogP contribution in [0.4, 0.5) is 5.82 Å². The Hall–Kier alpha value is -2.41. The monoisotopic (exact) mass is 371 g/mol. The van der Waals surface area contributed by atoms with E-state index >= 15 is 0 Å². The van der Waals surface area contributed by atoms with E-state index in [1.807, 2.05) is 29.4 Å². The molecule has 1 amide bonds. The first-order chi connectivity index (χ1) is 13.1. The third-order valence-electron chi connectivity index (χ3n) is 4.95. The van der Waals surface area contributed by atoms with Crippen LogP contribution in [0.15, 0.2) is 30.7 Å². The molecule has 1 aliphatic rings. The number of likely N-dealkylation sites (tertiary alicyclic amines) is 1. The number of ether oxygens (including phenoxy) is 1. The molecule has 2 aromatic heterocycles. The lowest BCUT2D eigenvalue weighted by Gasteiger charge is -2.32. The summed E-state index contributed by atoms with van der Waals surface area (Å²) in [6.07, 6.45) is 7.58. The number of aromatic nitrogens is 3. The molecule has 0 saturated carbocycles. The topological polar surface area (TPSA) is 72.3 Å². The van der Waals surface area contributed by atoms with Gasteiger partial charge in [-0.1, -0.05) is 0 Å². The molecule has 7 heteroatoms. The van der Waals surface area contributed by atoms with Gasteiger partial charge in [0, 0.05) is 44.8 Å². The van der Waals surface area contributed by atoms with Crippen LogP contribution >= 0.6 is 0 Å².